The highest BCUT2D eigenvalue weighted by Gasteiger charge is 2.26. The van der Waals surface area contributed by atoms with Gasteiger partial charge >= 0.3 is 0 Å². The van der Waals surface area contributed by atoms with Crippen molar-refractivity contribution in [3.8, 4) is 0 Å². The van der Waals surface area contributed by atoms with Crippen LogP contribution in [0, 0.1) is 5.82 Å². The van der Waals surface area contributed by atoms with Crippen molar-refractivity contribution < 1.29 is 17.6 Å². The molecule has 0 aromatic heterocycles. The molecule has 1 amide bonds. The Kier molecular flexibility index (Phi) is 6.64. The van der Waals surface area contributed by atoms with Crippen LogP contribution >= 0.6 is 11.6 Å². The van der Waals surface area contributed by atoms with Crippen molar-refractivity contribution in [1.29, 1.82) is 0 Å². The molecule has 0 heterocycles. The Morgan fingerprint density at radius 2 is 1.66 bits per heavy atom. The lowest BCUT2D eigenvalue weighted by molar-refractivity contribution is -0.117. The summed E-state index contributed by atoms with van der Waals surface area (Å²) in [5, 5.41) is 2.96. The predicted octanol–water partition coefficient (Wildman–Crippen LogP) is 4.01. The van der Waals surface area contributed by atoms with Crippen LogP contribution in [0.4, 0.5) is 10.1 Å². The fraction of sp³-hybridized carbons (Fsp3) is 0.0952. The number of halogens is 2. The summed E-state index contributed by atoms with van der Waals surface area (Å²) in [5.41, 5.74) is 1.00. The van der Waals surface area contributed by atoms with E-state index in [9.17, 15) is 17.6 Å². The molecule has 150 valence electrons. The number of benzene rings is 3. The second kappa shape index (κ2) is 9.17. The molecule has 0 radical (unpaired) electrons. The fourth-order valence-corrected chi connectivity index (χ4v) is 4.02. The molecule has 3 aromatic carbocycles. The third-order valence-corrected chi connectivity index (χ3v) is 5.85. The molecule has 1 atom stereocenters. The number of amides is 1. The molecule has 0 unspecified atom stereocenters. The zero-order valence-corrected chi connectivity index (χ0v) is 16.8. The van der Waals surface area contributed by atoms with Crippen LogP contribution in [0.3, 0.4) is 0 Å². The number of anilines is 1. The highest BCUT2D eigenvalue weighted by molar-refractivity contribution is 7.89. The lowest BCUT2D eigenvalue weighted by Gasteiger charge is -2.19. The monoisotopic (exact) mass is 432 g/mol. The van der Waals surface area contributed by atoms with E-state index in [4.69, 9.17) is 11.6 Å². The molecule has 8 heteroatoms. The highest BCUT2D eigenvalue weighted by atomic mass is 35.5. The minimum Gasteiger partial charge on any atom is -0.325 e. The molecule has 3 rings (SSSR count). The first-order valence-corrected chi connectivity index (χ1v) is 10.6. The van der Waals surface area contributed by atoms with Gasteiger partial charge in [-0.2, -0.15) is 4.72 Å². The molecule has 0 aliphatic carbocycles. The van der Waals surface area contributed by atoms with Crippen LogP contribution in [0.2, 0.25) is 5.02 Å². The maximum Gasteiger partial charge on any atom is 0.242 e. The molecule has 5 nitrogen and oxygen atoms in total. The number of hydrogen-bond donors (Lipinski definition) is 2. The van der Waals surface area contributed by atoms with Gasteiger partial charge in [0, 0.05) is 10.7 Å². The van der Waals surface area contributed by atoms with E-state index in [0.717, 1.165) is 11.6 Å². The minimum absolute atomic E-state index is 0.0153. The summed E-state index contributed by atoms with van der Waals surface area (Å²) in [6, 6.07) is 18.9. The molecule has 29 heavy (non-hydrogen) atoms. The molecule has 0 aliphatic heterocycles. The third kappa shape index (κ3) is 5.87. The van der Waals surface area contributed by atoms with Gasteiger partial charge in [0.15, 0.2) is 0 Å². The summed E-state index contributed by atoms with van der Waals surface area (Å²) < 4.78 is 41.4. The van der Waals surface area contributed by atoms with E-state index in [-0.39, 0.29) is 17.0 Å². The number of rotatable bonds is 7. The zero-order chi connectivity index (χ0) is 20.9. The summed E-state index contributed by atoms with van der Waals surface area (Å²) in [7, 11) is -3.99. The van der Waals surface area contributed by atoms with Gasteiger partial charge in [-0.15, -0.1) is 0 Å². The fourth-order valence-electron chi connectivity index (χ4n) is 2.70. The van der Waals surface area contributed by atoms with Crippen molar-refractivity contribution >= 4 is 33.2 Å². The second-order valence-electron chi connectivity index (χ2n) is 6.32. The number of carbonyl (C=O) groups excluding carboxylic acids is 1. The third-order valence-electron chi connectivity index (χ3n) is 4.11. The summed E-state index contributed by atoms with van der Waals surface area (Å²) >= 11 is 5.82. The topological polar surface area (TPSA) is 75.3 Å². The maximum atomic E-state index is 13.4. The lowest BCUT2D eigenvalue weighted by Crippen LogP contribution is -2.45. The van der Waals surface area contributed by atoms with Gasteiger partial charge < -0.3 is 5.32 Å². The van der Waals surface area contributed by atoms with E-state index in [2.05, 4.69) is 10.0 Å². The molecule has 0 spiro atoms. The van der Waals surface area contributed by atoms with Crippen molar-refractivity contribution in [2.75, 3.05) is 5.32 Å². The zero-order valence-electron chi connectivity index (χ0n) is 15.2. The SMILES string of the molecule is O=C(Nc1cccc(F)c1)[C@@H](Cc1ccccc1)NS(=O)(=O)c1ccc(Cl)cc1. The molecule has 0 fully saturated rings. The van der Waals surface area contributed by atoms with Crippen molar-refractivity contribution in [3.05, 3.63) is 95.3 Å². The Morgan fingerprint density at radius 1 is 0.966 bits per heavy atom. The van der Waals surface area contributed by atoms with Gasteiger partial charge in [-0.05, 0) is 54.4 Å². The van der Waals surface area contributed by atoms with Crippen molar-refractivity contribution in [3.63, 3.8) is 0 Å². The van der Waals surface area contributed by atoms with Gasteiger partial charge in [0.25, 0.3) is 0 Å². The summed E-state index contributed by atoms with van der Waals surface area (Å²) in [6.07, 6.45) is 0.120. The highest BCUT2D eigenvalue weighted by Crippen LogP contribution is 2.16. The van der Waals surface area contributed by atoms with Crippen molar-refractivity contribution in [1.82, 2.24) is 4.72 Å². The quantitative estimate of drug-likeness (QED) is 0.592. The van der Waals surface area contributed by atoms with Gasteiger partial charge in [0.2, 0.25) is 15.9 Å². The van der Waals surface area contributed by atoms with E-state index >= 15 is 0 Å². The second-order valence-corrected chi connectivity index (χ2v) is 8.47. The Balaban J connectivity index is 1.85. The summed E-state index contributed by atoms with van der Waals surface area (Å²) in [5.74, 6) is -1.11. The molecule has 2 N–H and O–H groups in total. The van der Waals surface area contributed by atoms with Gasteiger partial charge in [-0.1, -0.05) is 48.0 Å². The molecule has 0 bridgehead atoms. The average molecular weight is 433 g/mol. The van der Waals surface area contributed by atoms with Crippen LogP contribution in [-0.4, -0.2) is 20.4 Å². The Bertz CT molecular complexity index is 1090. The first kappa shape index (κ1) is 21.0. The van der Waals surface area contributed by atoms with Gasteiger partial charge in [-0.3, -0.25) is 4.79 Å². The number of sulfonamides is 1. The first-order chi connectivity index (χ1) is 13.8. The molecule has 0 saturated carbocycles. The number of hydrogen-bond acceptors (Lipinski definition) is 3. The first-order valence-electron chi connectivity index (χ1n) is 8.72. The summed E-state index contributed by atoms with van der Waals surface area (Å²) in [6.45, 7) is 0. The summed E-state index contributed by atoms with van der Waals surface area (Å²) in [4.78, 5) is 12.8. The van der Waals surface area contributed by atoms with Crippen LogP contribution in [0.25, 0.3) is 0 Å². The Labute approximate surface area is 173 Å². The smallest absolute Gasteiger partial charge is 0.242 e. The van der Waals surface area contributed by atoms with Crippen LogP contribution in [0.5, 0.6) is 0 Å². The van der Waals surface area contributed by atoms with E-state index in [0.29, 0.717) is 5.02 Å². The lowest BCUT2D eigenvalue weighted by atomic mass is 10.1. The largest absolute Gasteiger partial charge is 0.325 e. The van der Waals surface area contributed by atoms with Crippen molar-refractivity contribution in [2.24, 2.45) is 0 Å². The van der Waals surface area contributed by atoms with Crippen molar-refractivity contribution in [2.45, 2.75) is 17.4 Å². The Morgan fingerprint density at radius 3 is 2.31 bits per heavy atom. The molecule has 0 saturated heterocycles. The van der Waals surface area contributed by atoms with Crippen LogP contribution in [0.1, 0.15) is 5.56 Å². The normalized spacial score (nSPS) is 12.3. The maximum absolute atomic E-state index is 13.4. The molecular formula is C21H18ClFN2O3S. The van der Waals surface area contributed by atoms with Crippen LogP contribution in [-0.2, 0) is 21.2 Å². The average Bonchev–Trinajstić information content (AvgIpc) is 2.68. The van der Waals surface area contributed by atoms with E-state index in [1.54, 1.807) is 24.3 Å². The van der Waals surface area contributed by atoms with Gasteiger partial charge in [0.1, 0.15) is 11.9 Å². The number of nitrogens with one attached hydrogen (secondary N) is 2. The standard InChI is InChI=1S/C21H18ClFN2O3S/c22-16-9-11-19(12-10-16)29(27,28)25-20(13-15-5-2-1-3-6-15)21(26)24-18-8-4-7-17(23)14-18/h1-12,14,20,25H,13H2,(H,24,26)/t20-/m1/s1. The van der Waals surface area contributed by atoms with E-state index in [1.807, 2.05) is 6.07 Å². The van der Waals surface area contributed by atoms with E-state index < -0.39 is 27.8 Å². The number of carbonyl (C=O) groups is 1. The van der Waals surface area contributed by atoms with Crippen LogP contribution in [0.15, 0.2) is 83.8 Å². The molecule has 0 aliphatic rings. The van der Waals surface area contributed by atoms with Gasteiger partial charge in [-0.25, -0.2) is 12.8 Å². The molecule has 3 aromatic rings. The minimum atomic E-state index is -3.99. The van der Waals surface area contributed by atoms with E-state index in [1.165, 1.54) is 42.5 Å². The van der Waals surface area contributed by atoms with Gasteiger partial charge in [0.05, 0.1) is 4.90 Å². The predicted molar refractivity (Wildman–Crippen MR) is 111 cm³/mol. The van der Waals surface area contributed by atoms with Crippen LogP contribution < -0.4 is 10.0 Å². The molecular weight excluding hydrogens is 415 g/mol. The Hall–Kier alpha value is -2.74.